The Morgan fingerprint density at radius 3 is 2.57 bits per heavy atom. The molecule has 1 heterocycles. The van der Waals surface area contributed by atoms with Crippen molar-refractivity contribution in [2.75, 3.05) is 7.05 Å². The fourth-order valence-corrected chi connectivity index (χ4v) is 2.14. The number of hydrogen-bond donors (Lipinski definition) is 2. The molecule has 2 aromatic rings. The van der Waals surface area contributed by atoms with Gasteiger partial charge in [-0.15, -0.1) is 0 Å². The number of sulfonamides is 1. The van der Waals surface area contributed by atoms with Crippen molar-refractivity contribution in [3.63, 3.8) is 0 Å². The van der Waals surface area contributed by atoms with E-state index >= 15 is 0 Å². The van der Waals surface area contributed by atoms with Crippen LogP contribution in [0.1, 0.15) is 16.1 Å². The monoisotopic (exact) mass is 310 g/mol. The number of carbonyl (C=O) groups is 1. The zero-order chi connectivity index (χ0) is 15.3. The maximum Gasteiger partial charge on any atom is 0.310 e. The Bertz CT molecular complexity index is 709. The summed E-state index contributed by atoms with van der Waals surface area (Å²) in [5, 5.41) is -0.335. The van der Waals surface area contributed by atoms with Crippen molar-refractivity contribution in [2.24, 2.45) is 0 Å². The third-order valence-electron chi connectivity index (χ3n) is 2.59. The molecule has 0 atom stereocenters. The van der Waals surface area contributed by atoms with Crippen molar-refractivity contribution in [1.29, 1.82) is 0 Å². The highest BCUT2D eigenvalue weighted by Crippen LogP contribution is 2.13. The molecule has 8 heteroatoms. The SMILES string of the molecule is CNS(=O)(=O)c1ccc(C(=O)NOCc2ccccc2)o1. The normalized spacial score (nSPS) is 11.3. The molecule has 21 heavy (non-hydrogen) atoms. The van der Waals surface area contributed by atoms with Gasteiger partial charge in [-0.1, -0.05) is 30.3 Å². The molecule has 0 fully saturated rings. The minimum Gasteiger partial charge on any atom is -0.438 e. The van der Waals surface area contributed by atoms with E-state index in [1.807, 2.05) is 30.3 Å². The number of carbonyl (C=O) groups excluding carboxylic acids is 1. The molecule has 0 bridgehead atoms. The van der Waals surface area contributed by atoms with Crippen LogP contribution in [0.4, 0.5) is 0 Å². The van der Waals surface area contributed by atoms with Gasteiger partial charge in [-0.3, -0.25) is 9.63 Å². The molecule has 1 amide bonds. The number of hydroxylamine groups is 1. The lowest BCUT2D eigenvalue weighted by Crippen LogP contribution is -2.23. The van der Waals surface area contributed by atoms with Gasteiger partial charge < -0.3 is 4.42 Å². The van der Waals surface area contributed by atoms with Crippen molar-refractivity contribution in [2.45, 2.75) is 11.7 Å². The van der Waals surface area contributed by atoms with E-state index in [2.05, 4.69) is 10.2 Å². The lowest BCUT2D eigenvalue weighted by Gasteiger charge is -2.04. The second kappa shape index (κ2) is 6.53. The number of furan rings is 1. The summed E-state index contributed by atoms with van der Waals surface area (Å²) in [6, 6.07) is 11.7. The first-order chi connectivity index (χ1) is 10.0. The van der Waals surface area contributed by atoms with Crippen molar-refractivity contribution < 1.29 is 22.5 Å². The van der Waals surface area contributed by atoms with Gasteiger partial charge in [-0.05, 0) is 24.7 Å². The van der Waals surface area contributed by atoms with Crippen LogP contribution in [0, 0.1) is 0 Å². The van der Waals surface area contributed by atoms with E-state index in [-0.39, 0.29) is 17.5 Å². The average Bonchev–Trinajstić information content (AvgIpc) is 2.99. The molecule has 0 aliphatic heterocycles. The first-order valence-corrected chi connectivity index (χ1v) is 7.50. The van der Waals surface area contributed by atoms with Crippen molar-refractivity contribution in [1.82, 2.24) is 10.2 Å². The molecular weight excluding hydrogens is 296 g/mol. The van der Waals surface area contributed by atoms with Gasteiger partial charge in [0.1, 0.15) is 0 Å². The molecule has 112 valence electrons. The molecule has 0 saturated heterocycles. The Kier molecular flexibility index (Phi) is 4.73. The van der Waals surface area contributed by atoms with Crippen LogP contribution in [0.2, 0.25) is 0 Å². The van der Waals surface area contributed by atoms with Gasteiger partial charge in [-0.2, -0.15) is 0 Å². The number of amides is 1. The second-order valence-electron chi connectivity index (χ2n) is 4.03. The molecule has 7 nitrogen and oxygen atoms in total. The molecule has 2 N–H and O–H groups in total. The van der Waals surface area contributed by atoms with Crippen LogP contribution >= 0.6 is 0 Å². The van der Waals surface area contributed by atoms with Crippen LogP contribution in [0.5, 0.6) is 0 Å². The zero-order valence-electron chi connectivity index (χ0n) is 11.2. The summed E-state index contributed by atoms with van der Waals surface area (Å²) in [7, 11) is -2.46. The number of rotatable bonds is 6. The Labute approximate surface area is 121 Å². The van der Waals surface area contributed by atoms with Gasteiger partial charge in [0, 0.05) is 0 Å². The predicted octanol–water partition coefficient (Wildman–Crippen LogP) is 1.05. The number of nitrogens with one attached hydrogen (secondary N) is 2. The topological polar surface area (TPSA) is 97.6 Å². The molecule has 0 spiro atoms. The number of hydrogen-bond acceptors (Lipinski definition) is 5. The maximum atomic E-state index is 11.7. The van der Waals surface area contributed by atoms with Crippen molar-refractivity contribution in [3.05, 3.63) is 53.8 Å². The molecule has 0 aliphatic rings. The molecule has 0 unspecified atom stereocenters. The van der Waals surface area contributed by atoms with Crippen LogP contribution < -0.4 is 10.2 Å². The first-order valence-electron chi connectivity index (χ1n) is 6.02. The lowest BCUT2D eigenvalue weighted by atomic mass is 10.2. The largest absolute Gasteiger partial charge is 0.438 e. The molecule has 0 radical (unpaired) electrons. The van der Waals surface area contributed by atoms with Crippen LogP contribution in [0.25, 0.3) is 0 Å². The fraction of sp³-hybridized carbons (Fsp3) is 0.154. The summed E-state index contributed by atoms with van der Waals surface area (Å²) in [4.78, 5) is 16.8. The Balaban J connectivity index is 1.92. The average molecular weight is 310 g/mol. The summed E-state index contributed by atoms with van der Waals surface area (Å²) >= 11 is 0. The number of benzene rings is 1. The zero-order valence-corrected chi connectivity index (χ0v) is 12.0. The minimum absolute atomic E-state index is 0.156. The Morgan fingerprint density at radius 2 is 1.90 bits per heavy atom. The van der Waals surface area contributed by atoms with Gasteiger partial charge in [0.2, 0.25) is 5.09 Å². The second-order valence-corrected chi connectivity index (χ2v) is 5.85. The van der Waals surface area contributed by atoms with E-state index in [1.54, 1.807) is 0 Å². The summed E-state index contributed by atoms with van der Waals surface area (Å²) < 4.78 is 30.0. The predicted molar refractivity (Wildman–Crippen MR) is 73.7 cm³/mol. The summed E-state index contributed by atoms with van der Waals surface area (Å²) in [6.07, 6.45) is 0. The molecule has 1 aromatic heterocycles. The van der Waals surface area contributed by atoms with Crippen LogP contribution in [0.15, 0.2) is 52.0 Å². The van der Waals surface area contributed by atoms with E-state index in [1.165, 1.54) is 19.2 Å². The van der Waals surface area contributed by atoms with Crippen LogP contribution in [-0.2, 0) is 21.5 Å². The maximum absolute atomic E-state index is 11.7. The Morgan fingerprint density at radius 1 is 1.19 bits per heavy atom. The van der Waals surface area contributed by atoms with Gasteiger partial charge in [0.15, 0.2) is 5.76 Å². The summed E-state index contributed by atoms with van der Waals surface area (Å²) in [5.74, 6) is -0.819. The van der Waals surface area contributed by atoms with Gasteiger partial charge in [-0.25, -0.2) is 18.6 Å². The van der Waals surface area contributed by atoms with Gasteiger partial charge in [0.25, 0.3) is 10.0 Å². The molecule has 2 rings (SSSR count). The highest BCUT2D eigenvalue weighted by Gasteiger charge is 2.19. The summed E-state index contributed by atoms with van der Waals surface area (Å²) in [5.41, 5.74) is 3.07. The van der Waals surface area contributed by atoms with E-state index in [4.69, 9.17) is 9.25 Å². The standard InChI is InChI=1S/C13H14N2O5S/c1-14-21(17,18)12-8-7-11(20-12)13(16)15-19-9-10-5-3-2-4-6-10/h2-8,14H,9H2,1H3,(H,15,16). The first kappa shape index (κ1) is 15.2. The minimum atomic E-state index is -3.71. The van der Waals surface area contributed by atoms with Crippen LogP contribution in [0.3, 0.4) is 0 Å². The van der Waals surface area contributed by atoms with E-state index in [0.29, 0.717) is 0 Å². The van der Waals surface area contributed by atoms with Gasteiger partial charge in [0.05, 0.1) is 6.61 Å². The van der Waals surface area contributed by atoms with Crippen LogP contribution in [-0.4, -0.2) is 21.4 Å². The molecule has 1 aromatic carbocycles. The van der Waals surface area contributed by atoms with Crippen molar-refractivity contribution in [3.8, 4) is 0 Å². The highest BCUT2D eigenvalue weighted by molar-refractivity contribution is 7.89. The van der Waals surface area contributed by atoms with Gasteiger partial charge >= 0.3 is 5.91 Å². The fourth-order valence-electron chi connectivity index (χ4n) is 1.50. The third-order valence-corrected chi connectivity index (χ3v) is 3.87. The smallest absolute Gasteiger partial charge is 0.310 e. The molecule has 0 aliphatic carbocycles. The quantitative estimate of drug-likeness (QED) is 0.777. The van der Waals surface area contributed by atoms with E-state index in [9.17, 15) is 13.2 Å². The Hall–Kier alpha value is -2.16. The lowest BCUT2D eigenvalue weighted by molar-refractivity contribution is 0.0209. The summed E-state index contributed by atoms with van der Waals surface area (Å²) in [6.45, 7) is 0.189. The molecule has 0 saturated carbocycles. The van der Waals surface area contributed by atoms with E-state index < -0.39 is 15.9 Å². The van der Waals surface area contributed by atoms with Crippen molar-refractivity contribution >= 4 is 15.9 Å². The third kappa shape index (κ3) is 3.91. The highest BCUT2D eigenvalue weighted by atomic mass is 32.2. The van der Waals surface area contributed by atoms with E-state index in [0.717, 1.165) is 5.56 Å². The molecular formula is C13H14N2O5S.